The van der Waals surface area contributed by atoms with Gasteiger partial charge in [0.15, 0.2) is 30.7 Å². The summed E-state index contributed by atoms with van der Waals surface area (Å²) in [6.45, 7) is -2.98. The maximum atomic E-state index is 15.2. The molecule has 38 heteroatoms. The first-order valence-corrected chi connectivity index (χ1v) is 34.2. The van der Waals surface area contributed by atoms with Gasteiger partial charge in [0.25, 0.3) is 0 Å². The zero-order chi connectivity index (χ0) is 75.8. The first kappa shape index (κ1) is 78.2. The summed E-state index contributed by atoms with van der Waals surface area (Å²) < 4.78 is 47.7. The molecule has 0 spiro atoms. The van der Waals surface area contributed by atoms with Crippen LogP contribution in [0.1, 0.15) is 41.4 Å². The van der Waals surface area contributed by atoms with Crippen molar-refractivity contribution in [2.75, 3.05) is 46.1 Å². The molecule has 26 atom stereocenters. The van der Waals surface area contributed by atoms with E-state index in [9.17, 15) is 80.5 Å². The third-order valence-electron chi connectivity index (χ3n) is 19.4. The lowest BCUT2D eigenvalue weighted by Crippen LogP contribution is -2.70. The van der Waals surface area contributed by atoms with Gasteiger partial charge in [-0.2, -0.15) is 0 Å². The molecule has 4 aromatic carbocycles. The van der Waals surface area contributed by atoms with Gasteiger partial charge >= 0.3 is 0 Å². The second kappa shape index (κ2) is 34.8. The van der Waals surface area contributed by atoms with E-state index in [0.717, 1.165) is 10.5 Å². The molecule has 5 saturated heterocycles. The third kappa shape index (κ3) is 17.7. The number of aliphatic hydroxyl groups excluding tert-OH is 12. The topological polar surface area (TPSA) is 583 Å². The van der Waals surface area contributed by atoms with E-state index < -0.39 is 239 Å². The molecule has 0 aliphatic carbocycles. The minimum Gasteiger partial charge on any atom is -0.489 e. The molecule has 4 aromatic rings. The van der Waals surface area contributed by atoms with E-state index in [2.05, 4.69) is 47.2 Å². The molecule has 0 radical (unpaired) electrons. The van der Waals surface area contributed by atoms with Crippen molar-refractivity contribution in [1.29, 1.82) is 0 Å². The number of hydrogen-bond acceptors (Lipinski definition) is 32. The third-order valence-corrected chi connectivity index (χ3v) is 19.4. The number of nitrogens with two attached hydrogens (primary N) is 2. The molecular formula is C68H88N12O26. The smallest absolute Gasteiger partial charge is 0.246 e. The molecule has 0 aromatic heterocycles. The highest BCUT2D eigenvalue weighted by atomic mass is 16.8. The van der Waals surface area contributed by atoms with Crippen LogP contribution in [0.15, 0.2) is 119 Å². The van der Waals surface area contributed by atoms with Crippen LogP contribution in [0.2, 0.25) is 0 Å². The fraction of sp³-hybridized carbons (Fsp3) is 0.529. The molecule has 106 heavy (non-hydrogen) atoms. The van der Waals surface area contributed by atoms with Crippen molar-refractivity contribution in [3.8, 4) is 11.5 Å². The first-order chi connectivity index (χ1) is 50.8. The van der Waals surface area contributed by atoms with Gasteiger partial charge in [0.2, 0.25) is 41.7 Å². The summed E-state index contributed by atoms with van der Waals surface area (Å²) in [5.74, 6) is -8.42. The predicted octanol–water partition coefficient (Wildman–Crippen LogP) is -9.27. The fourth-order valence-corrected chi connectivity index (χ4v) is 13.4. The zero-order valence-electron chi connectivity index (χ0n) is 56.8. The Bertz CT molecular complexity index is 3740. The van der Waals surface area contributed by atoms with E-state index >= 15 is 9.59 Å². The molecule has 6 amide bonds. The second-order valence-electron chi connectivity index (χ2n) is 26.5. The number of amides is 6. The molecule has 7 heterocycles. The van der Waals surface area contributed by atoms with Gasteiger partial charge in [-0.15, -0.1) is 0 Å². The average Bonchev–Trinajstić information content (AvgIpc) is 1.26. The number of ether oxygens (including phenoxy) is 8. The summed E-state index contributed by atoms with van der Waals surface area (Å²) in [4.78, 5) is 96.8. The standard InChI is InChI=1S/C68H88N12O26/c1-29(32-11-6-3-7-12-32)44-60(96)74-36(19-30-15-17-34(18-16-30)101-65-54(92)51(89)56(41(26-83)103-65)106-66-55(93)52(90)57-42(104-66)28-100-64(105-57)33-13-8-14-35(20-33)99-27-31-9-4-2-5-10-31)59(95)78-45(47(85)37-21-72-67(69)76-37)62(98)79-46(61(97)75-38(24-81)58(94)71-23-43(84)77-44)48(86)39-22-73-68(70)80(39)63-53(91)50(88)49(87)40(25-82)102-63/h2-18,20,29,36-42,44-57,63-66,81-83,85-93H,19,21-28H2,1H3,(H2,70,73)(H,71,94)(H,74,96)(H,75,97)(H,77,84)(H,78,95)(H,79,98)(H3,69,72,76). The normalized spacial score (nSPS) is 35.1. The second-order valence-corrected chi connectivity index (χ2v) is 26.5. The van der Waals surface area contributed by atoms with Crippen LogP contribution in [-0.2, 0) is 70.2 Å². The van der Waals surface area contributed by atoms with Crippen LogP contribution < -0.4 is 58.2 Å². The molecule has 7 aliphatic rings. The fourth-order valence-electron chi connectivity index (χ4n) is 13.4. The molecular weight excluding hydrogens is 1400 g/mol. The summed E-state index contributed by atoms with van der Waals surface area (Å²) in [5.41, 5.74) is 14.4. The highest BCUT2D eigenvalue weighted by Gasteiger charge is 2.55. The van der Waals surface area contributed by atoms with Crippen LogP contribution in [0.4, 0.5) is 0 Å². The van der Waals surface area contributed by atoms with Gasteiger partial charge in [0.1, 0.15) is 134 Å². The largest absolute Gasteiger partial charge is 0.489 e. The van der Waals surface area contributed by atoms with Crippen LogP contribution >= 0.6 is 0 Å². The van der Waals surface area contributed by atoms with E-state index in [1.54, 1.807) is 61.5 Å². The Morgan fingerprint density at radius 2 is 1.24 bits per heavy atom. The predicted molar refractivity (Wildman–Crippen MR) is 361 cm³/mol. The van der Waals surface area contributed by atoms with E-state index in [4.69, 9.17) is 49.4 Å². The number of fused-ring (bicyclic) bond motifs is 1. The van der Waals surface area contributed by atoms with Crippen molar-refractivity contribution >= 4 is 47.4 Å². The lowest BCUT2D eigenvalue weighted by molar-refractivity contribution is -0.383. The number of aliphatic hydroxyl groups is 12. The minimum atomic E-state index is -2.35. The molecule has 26 unspecified atom stereocenters. The molecule has 0 saturated carbocycles. The number of rotatable bonds is 20. The Morgan fingerprint density at radius 1 is 0.575 bits per heavy atom. The number of nitrogens with zero attached hydrogens (tertiary/aromatic N) is 3. The van der Waals surface area contributed by atoms with Crippen LogP contribution in [0.5, 0.6) is 11.5 Å². The molecule has 7 aliphatic heterocycles. The van der Waals surface area contributed by atoms with Gasteiger partial charge in [-0.3, -0.25) is 38.8 Å². The van der Waals surface area contributed by atoms with Crippen molar-refractivity contribution in [2.24, 2.45) is 21.5 Å². The van der Waals surface area contributed by atoms with Gasteiger partial charge < -0.3 is 153 Å². The Hall–Kier alpha value is -8.88. The molecule has 11 rings (SSSR count). The van der Waals surface area contributed by atoms with Crippen LogP contribution in [0, 0.1) is 0 Å². The summed E-state index contributed by atoms with van der Waals surface area (Å²) in [6.07, 6.45) is -31.1. The Morgan fingerprint density at radius 3 is 1.92 bits per heavy atom. The monoisotopic (exact) mass is 1490 g/mol. The number of nitrogens with one attached hydrogen (secondary N) is 7. The summed E-state index contributed by atoms with van der Waals surface area (Å²) in [5, 5.41) is 151. The number of carbonyl (C=O) groups is 6. The highest BCUT2D eigenvalue weighted by Crippen LogP contribution is 2.38. The van der Waals surface area contributed by atoms with Gasteiger partial charge in [-0.05, 0) is 41.0 Å². The molecule has 0 bridgehead atoms. The van der Waals surface area contributed by atoms with Crippen LogP contribution in [0.25, 0.3) is 0 Å². The first-order valence-electron chi connectivity index (χ1n) is 34.2. The van der Waals surface area contributed by atoms with Gasteiger partial charge in [-0.25, -0.2) is 0 Å². The average molecular weight is 1490 g/mol. The SMILES string of the molecule is CC(c1ccccc1)C1NC(=O)CNC(=O)C(CO)NC(=O)C(C(O)C2CN=C(N)N2C2OC(CO)C(O)C(O)C2O)NC(=O)C(C(O)C2CN=C(N)N2)NC(=O)C(Cc2ccc(OC3OC(CO)C(OC4OC5COC(c6cccc(OCc7ccccc7)c6)OC5C(O)C4O)C(O)C3O)cc2)NC1=O. The van der Waals surface area contributed by atoms with E-state index in [0.29, 0.717) is 23.5 Å². The lowest BCUT2D eigenvalue weighted by Gasteiger charge is -2.48. The van der Waals surface area contributed by atoms with Crippen LogP contribution in [-0.4, -0.2) is 306 Å². The Balaban J connectivity index is 0.818. The van der Waals surface area contributed by atoms with Gasteiger partial charge in [0, 0.05) is 17.9 Å². The number of aliphatic imine (C=N–C) groups is 2. The maximum Gasteiger partial charge on any atom is 0.246 e. The quantitative estimate of drug-likeness (QED) is 0.0391. The summed E-state index contributed by atoms with van der Waals surface area (Å²) in [6, 6.07) is 17.4. The minimum absolute atomic E-state index is 0.0530. The number of carbonyl (C=O) groups excluding carboxylic acids is 6. The molecule has 38 nitrogen and oxygen atoms in total. The van der Waals surface area contributed by atoms with Gasteiger partial charge in [0.05, 0.1) is 58.1 Å². The van der Waals surface area contributed by atoms with Crippen molar-refractivity contribution < 1.29 is 128 Å². The van der Waals surface area contributed by atoms with E-state index in [-0.39, 0.29) is 30.4 Å². The Labute approximate surface area is 604 Å². The molecule has 576 valence electrons. The van der Waals surface area contributed by atoms with Gasteiger partial charge in [-0.1, -0.05) is 91.9 Å². The number of guanidine groups is 2. The van der Waals surface area contributed by atoms with Crippen molar-refractivity contribution in [3.63, 3.8) is 0 Å². The van der Waals surface area contributed by atoms with E-state index in [1.165, 1.54) is 24.3 Å². The number of benzene rings is 4. The van der Waals surface area contributed by atoms with Crippen molar-refractivity contribution in [2.45, 2.75) is 179 Å². The van der Waals surface area contributed by atoms with Crippen molar-refractivity contribution in [3.05, 3.63) is 131 Å². The van der Waals surface area contributed by atoms with E-state index in [1.807, 2.05) is 30.3 Å². The molecule has 23 N–H and O–H groups in total. The summed E-state index contributed by atoms with van der Waals surface area (Å²) in [7, 11) is 0. The number of hydrogen-bond donors (Lipinski definition) is 21. The summed E-state index contributed by atoms with van der Waals surface area (Å²) >= 11 is 0. The van der Waals surface area contributed by atoms with Crippen LogP contribution in [0.3, 0.4) is 0 Å². The zero-order valence-corrected chi connectivity index (χ0v) is 56.8. The lowest BCUT2D eigenvalue weighted by atomic mass is 9.92. The highest BCUT2D eigenvalue weighted by molar-refractivity contribution is 5.98. The Kier molecular flexibility index (Phi) is 25.7. The molecule has 5 fully saturated rings. The maximum absolute atomic E-state index is 15.2. The van der Waals surface area contributed by atoms with Crippen molar-refractivity contribution in [1.82, 2.24) is 42.1 Å².